The van der Waals surface area contributed by atoms with Crippen molar-refractivity contribution >= 4 is 21.6 Å². The lowest BCUT2D eigenvalue weighted by Crippen LogP contribution is -2.31. The zero-order chi connectivity index (χ0) is 18.3. The molecular weight excluding hydrogens is 354 g/mol. The number of fused-ring (bicyclic) bond motifs is 2. The normalized spacial score (nSPS) is 22.7. The molecule has 1 N–H and O–H groups in total. The lowest BCUT2D eigenvalue weighted by atomic mass is 9.89. The molecule has 0 radical (unpaired) electrons. The monoisotopic (exact) mass is 375 g/mol. The second-order valence-corrected chi connectivity index (χ2v) is 9.07. The van der Waals surface area contributed by atoms with E-state index < -0.39 is 10.0 Å². The Bertz CT molecular complexity index is 925. The van der Waals surface area contributed by atoms with E-state index in [9.17, 15) is 13.2 Å². The molecule has 2 atom stereocenters. The highest BCUT2D eigenvalue weighted by molar-refractivity contribution is 7.89. The van der Waals surface area contributed by atoms with Gasteiger partial charge in [0.25, 0.3) is 5.91 Å². The summed E-state index contributed by atoms with van der Waals surface area (Å²) < 4.78 is 27.7. The molecular formula is C17H21N5O3S. The maximum atomic E-state index is 12.6. The molecule has 1 amide bonds. The summed E-state index contributed by atoms with van der Waals surface area (Å²) in [7, 11) is -3.18. The second kappa shape index (κ2) is 6.48. The summed E-state index contributed by atoms with van der Waals surface area (Å²) in [5.41, 5.74) is 0.699. The molecule has 138 valence electrons. The van der Waals surface area contributed by atoms with Gasteiger partial charge in [0.1, 0.15) is 5.82 Å². The molecule has 4 rings (SSSR count). The smallest absolute Gasteiger partial charge is 0.293 e. The van der Waals surface area contributed by atoms with E-state index in [1.807, 2.05) is 34.9 Å². The molecule has 0 bridgehead atoms. The van der Waals surface area contributed by atoms with E-state index in [0.717, 1.165) is 5.82 Å². The van der Waals surface area contributed by atoms with Crippen molar-refractivity contribution < 1.29 is 13.2 Å². The molecule has 3 heterocycles. The average molecular weight is 375 g/mol. The number of aromatic nitrogens is 3. The number of hydrogen-bond donors (Lipinski definition) is 1. The van der Waals surface area contributed by atoms with Gasteiger partial charge in [0, 0.05) is 31.7 Å². The minimum absolute atomic E-state index is 0.114. The van der Waals surface area contributed by atoms with E-state index >= 15 is 0 Å². The van der Waals surface area contributed by atoms with Crippen molar-refractivity contribution in [2.24, 2.45) is 11.8 Å². The Morgan fingerprint density at radius 1 is 1.15 bits per heavy atom. The quantitative estimate of drug-likeness (QED) is 0.859. The molecule has 0 unspecified atom stereocenters. The van der Waals surface area contributed by atoms with Crippen LogP contribution in [0.15, 0.2) is 30.3 Å². The first-order valence-electron chi connectivity index (χ1n) is 8.74. The van der Waals surface area contributed by atoms with E-state index in [4.69, 9.17) is 0 Å². The summed E-state index contributed by atoms with van der Waals surface area (Å²) >= 11 is 0. The minimum Gasteiger partial charge on any atom is -0.319 e. The van der Waals surface area contributed by atoms with Crippen LogP contribution in [-0.4, -0.2) is 52.2 Å². The number of rotatable bonds is 4. The first-order valence-corrected chi connectivity index (χ1v) is 10.3. The highest BCUT2D eigenvalue weighted by Gasteiger charge is 2.42. The van der Waals surface area contributed by atoms with Crippen LogP contribution in [0.2, 0.25) is 0 Å². The van der Waals surface area contributed by atoms with Gasteiger partial charge < -0.3 is 9.88 Å². The van der Waals surface area contributed by atoms with Crippen molar-refractivity contribution in [3.8, 4) is 0 Å². The van der Waals surface area contributed by atoms with Crippen LogP contribution < -0.4 is 5.32 Å². The Labute approximate surface area is 152 Å². The zero-order valence-corrected chi connectivity index (χ0v) is 15.3. The number of hydrogen-bond acceptors (Lipinski definition) is 5. The van der Waals surface area contributed by atoms with Gasteiger partial charge in [-0.2, -0.15) is 0 Å². The Kier molecular flexibility index (Phi) is 4.28. The Hall–Kier alpha value is -2.26. The van der Waals surface area contributed by atoms with Crippen LogP contribution in [0.4, 0.5) is 5.69 Å². The molecule has 1 aromatic heterocycles. The Morgan fingerprint density at radius 3 is 2.62 bits per heavy atom. The Morgan fingerprint density at radius 2 is 1.88 bits per heavy atom. The molecule has 0 saturated carbocycles. The summed E-state index contributed by atoms with van der Waals surface area (Å²) in [5.74, 6) is 1.26. The number of para-hydroxylation sites is 1. The summed E-state index contributed by atoms with van der Waals surface area (Å²) in [5, 5.41) is 11.1. The van der Waals surface area contributed by atoms with E-state index in [1.165, 1.54) is 0 Å². The minimum atomic E-state index is -3.18. The average Bonchev–Trinajstić information content (AvgIpc) is 3.24. The Balaban J connectivity index is 1.53. The lowest BCUT2D eigenvalue weighted by Gasteiger charge is -2.25. The molecule has 2 aromatic rings. The van der Waals surface area contributed by atoms with Crippen LogP contribution in [0, 0.1) is 11.8 Å². The molecule has 2 aliphatic heterocycles. The fourth-order valence-electron chi connectivity index (χ4n) is 3.77. The molecule has 0 spiro atoms. The van der Waals surface area contributed by atoms with Crippen molar-refractivity contribution in [3.05, 3.63) is 42.0 Å². The molecule has 26 heavy (non-hydrogen) atoms. The summed E-state index contributed by atoms with van der Waals surface area (Å²) in [4.78, 5) is 12.6. The van der Waals surface area contributed by atoms with Crippen LogP contribution in [0.5, 0.6) is 0 Å². The first-order chi connectivity index (χ1) is 12.5. The first kappa shape index (κ1) is 17.2. The number of anilines is 1. The predicted molar refractivity (Wildman–Crippen MR) is 96.1 cm³/mol. The molecule has 8 nitrogen and oxygen atoms in total. The van der Waals surface area contributed by atoms with E-state index in [0.29, 0.717) is 31.7 Å². The maximum absolute atomic E-state index is 12.6. The number of carbonyl (C=O) groups excluding carboxylic acids is 1. The highest BCUT2D eigenvalue weighted by Crippen LogP contribution is 2.34. The van der Waals surface area contributed by atoms with Crippen LogP contribution in [0.25, 0.3) is 0 Å². The molecule has 1 aromatic carbocycles. The van der Waals surface area contributed by atoms with Gasteiger partial charge in [0.15, 0.2) is 0 Å². The third-order valence-electron chi connectivity index (χ3n) is 5.23. The van der Waals surface area contributed by atoms with Gasteiger partial charge in [-0.05, 0) is 30.9 Å². The number of amides is 1. The molecule has 2 aliphatic rings. The van der Waals surface area contributed by atoms with Gasteiger partial charge in [-0.15, -0.1) is 10.2 Å². The van der Waals surface area contributed by atoms with E-state index in [-0.39, 0.29) is 29.3 Å². The van der Waals surface area contributed by atoms with Crippen LogP contribution >= 0.6 is 0 Å². The fourth-order valence-corrected chi connectivity index (χ4v) is 4.97. The van der Waals surface area contributed by atoms with Gasteiger partial charge in [0.2, 0.25) is 15.8 Å². The number of benzene rings is 1. The summed E-state index contributed by atoms with van der Waals surface area (Å²) in [6.45, 7) is 3.26. The van der Waals surface area contributed by atoms with Crippen molar-refractivity contribution in [2.75, 3.05) is 24.2 Å². The fraction of sp³-hybridized carbons (Fsp3) is 0.471. The molecule has 0 aliphatic carbocycles. The molecule has 9 heteroatoms. The largest absolute Gasteiger partial charge is 0.319 e. The molecule has 1 fully saturated rings. The number of sulfonamides is 1. The van der Waals surface area contributed by atoms with Crippen LogP contribution in [0.3, 0.4) is 0 Å². The van der Waals surface area contributed by atoms with Gasteiger partial charge in [-0.25, -0.2) is 12.7 Å². The second-order valence-electron chi connectivity index (χ2n) is 6.81. The van der Waals surface area contributed by atoms with Gasteiger partial charge >= 0.3 is 0 Å². The van der Waals surface area contributed by atoms with Crippen molar-refractivity contribution in [1.29, 1.82) is 0 Å². The predicted octanol–water partition coefficient (Wildman–Crippen LogP) is 0.984. The third-order valence-corrected chi connectivity index (χ3v) is 7.04. The van der Waals surface area contributed by atoms with Crippen LogP contribution in [-0.2, 0) is 23.0 Å². The van der Waals surface area contributed by atoms with Gasteiger partial charge in [-0.1, -0.05) is 18.2 Å². The maximum Gasteiger partial charge on any atom is 0.293 e. The summed E-state index contributed by atoms with van der Waals surface area (Å²) in [6, 6.07) is 9.20. The standard InChI is InChI=1S/C17H21N5O3S/c1-2-26(24,25)21-9-12-8-15-19-20-16(22(15)11-13(12)10-21)17(23)18-14-6-4-3-5-7-14/h3-7,12-13H,2,8-11H2,1H3,(H,18,23)/t12-,13-/m0/s1. The zero-order valence-electron chi connectivity index (χ0n) is 14.5. The van der Waals surface area contributed by atoms with Crippen molar-refractivity contribution in [3.63, 3.8) is 0 Å². The third kappa shape index (κ3) is 3.01. The van der Waals surface area contributed by atoms with Gasteiger partial charge in [0.05, 0.1) is 5.75 Å². The number of nitrogens with zero attached hydrogens (tertiary/aromatic N) is 4. The van der Waals surface area contributed by atoms with Crippen molar-refractivity contribution in [2.45, 2.75) is 19.9 Å². The SMILES string of the molecule is CCS(=O)(=O)N1C[C@@H]2Cc3nnc(C(=O)Nc4ccccc4)n3C[C@@H]2C1. The van der Waals surface area contributed by atoms with Crippen LogP contribution in [0.1, 0.15) is 23.4 Å². The topological polar surface area (TPSA) is 97.2 Å². The van der Waals surface area contributed by atoms with E-state index in [1.54, 1.807) is 11.2 Å². The number of carbonyl (C=O) groups is 1. The molecule has 1 saturated heterocycles. The van der Waals surface area contributed by atoms with E-state index in [2.05, 4.69) is 15.5 Å². The summed E-state index contributed by atoms with van der Waals surface area (Å²) in [6.07, 6.45) is 0.645. The van der Waals surface area contributed by atoms with Crippen molar-refractivity contribution in [1.82, 2.24) is 19.1 Å². The number of nitrogens with one attached hydrogen (secondary N) is 1. The lowest BCUT2D eigenvalue weighted by molar-refractivity contribution is 0.100. The highest BCUT2D eigenvalue weighted by atomic mass is 32.2. The van der Waals surface area contributed by atoms with Gasteiger partial charge in [-0.3, -0.25) is 4.79 Å².